The van der Waals surface area contributed by atoms with Crippen LogP contribution in [0.4, 0.5) is 0 Å². The molecule has 1 amide bonds. The highest BCUT2D eigenvalue weighted by Crippen LogP contribution is 2.41. The third kappa shape index (κ3) is 2.79. The molecule has 1 aromatic heterocycles. The number of benzene rings is 1. The molecular formula is C18H17N3O3. The van der Waals surface area contributed by atoms with Crippen molar-refractivity contribution in [2.45, 2.75) is 24.9 Å². The van der Waals surface area contributed by atoms with Crippen molar-refractivity contribution in [2.24, 2.45) is 0 Å². The Labute approximate surface area is 139 Å². The van der Waals surface area contributed by atoms with E-state index in [9.17, 15) is 4.79 Å². The zero-order valence-corrected chi connectivity index (χ0v) is 13.1. The number of hydrogen-bond donors (Lipinski definition) is 0. The van der Waals surface area contributed by atoms with Crippen LogP contribution in [0.2, 0.25) is 0 Å². The fraction of sp³-hybridized carbons (Fsp3) is 0.389. The average molecular weight is 323 g/mol. The van der Waals surface area contributed by atoms with Crippen LogP contribution in [-0.2, 0) is 4.74 Å². The highest BCUT2D eigenvalue weighted by Gasteiger charge is 2.34. The van der Waals surface area contributed by atoms with Gasteiger partial charge in [0, 0.05) is 12.5 Å². The Morgan fingerprint density at radius 3 is 3.04 bits per heavy atom. The van der Waals surface area contributed by atoms with Gasteiger partial charge in [-0.25, -0.2) is 0 Å². The largest absolute Gasteiger partial charge is 0.370 e. The highest BCUT2D eigenvalue weighted by molar-refractivity contribution is 5.95. The molecule has 24 heavy (non-hydrogen) atoms. The summed E-state index contributed by atoms with van der Waals surface area (Å²) in [7, 11) is 0. The van der Waals surface area contributed by atoms with Gasteiger partial charge in [0.2, 0.25) is 0 Å². The number of rotatable bonds is 3. The predicted molar refractivity (Wildman–Crippen MR) is 84.2 cm³/mol. The van der Waals surface area contributed by atoms with Gasteiger partial charge < -0.3 is 14.2 Å². The van der Waals surface area contributed by atoms with Crippen LogP contribution in [-0.4, -0.2) is 35.7 Å². The first kappa shape index (κ1) is 14.9. The van der Waals surface area contributed by atoms with Crippen molar-refractivity contribution in [1.82, 2.24) is 10.1 Å². The lowest BCUT2D eigenvalue weighted by atomic mass is 10.0. The van der Waals surface area contributed by atoms with Crippen LogP contribution in [0, 0.1) is 11.3 Å². The first-order valence-corrected chi connectivity index (χ1v) is 8.11. The molecule has 6 heteroatoms. The molecule has 2 aromatic rings. The van der Waals surface area contributed by atoms with Gasteiger partial charge in [0.1, 0.15) is 17.9 Å². The Bertz CT molecular complexity index is 804. The Balaban J connectivity index is 1.53. The number of ether oxygens (including phenoxy) is 1. The van der Waals surface area contributed by atoms with Crippen LogP contribution >= 0.6 is 0 Å². The number of nitrogens with zero attached hydrogens (tertiary/aromatic N) is 3. The van der Waals surface area contributed by atoms with Crippen molar-refractivity contribution < 1.29 is 14.1 Å². The minimum Gasteiger partial charge on any atom is -0.370 e. The summed E-state index contributed by atoms with van der Waals surface area (Å²) in [6, 6.07) is 9.47. The Hall–Kier alpha value is -2.65. The number of aromatic nitrogens is 1. The molecule has 4 rings (SSSR count). The van der Waals surface area contributed by atoms with Crippen LogP contribution in [0.5, 0.6) is 0 Å². The summed E-state index contributed by atoms with van der Waals surface area (Å²) in [6.07, 6.45) is 3.37. The molecule has 122 valence electrons. The van der Waals surface area contributed by atoms with Gasteiger partial charge in [-0.15, -0.1) is 0 Å². The molecule has 1 unspecified atom stereocenters. The normalized spacial score (nSPS) is 20.6. The van der Waals surface area contributed by atoms with E-state index in [1.807, 2.05) is 18.2 Å². The maximum Gasteiger partial charge on any atom is 0.259 e. The van der Waals surface area contributed by atoms with Gasteiger partial charge >= 0.3 is 0 Å². The first-order chi connectivity index (χ1) is 11.8. The molecule has 2 aliphatic rings. The molecule has 1 aliphatic heterocycles. The zero-order valence-electron chi connectivity index (χ0n) is 13.1. The Morgan fingerprint density at radius 2 is 2.25 bits per heavy atom. The molecule has 1 atom stereocenters. The summed E-state index contributed by atoms with van der Waals surface area (Å²) < 4.78 is 10.8. The third-order valence-electron chi connectivity index (χ3n) is 4.53. The van der Waals surface area contributed by atoms with Crippen molar-refractivity contribution in [3.63, 3.8) is 0 Å². The summed E-state index contributed by atoms with van der Waals surface area (Å²) in [5.41, 5.74) is 2.87. The number of carbonyl (C=O) groups is 1. The molecule has 6 nitrogen and oxygen atoms in total. The standard InChI is InChI=1S/C18H17N3O3/c19-9-12-2-1-3-14(8-12)16-10-21(6-7-23-16)18(22)15-11-24-20-17(15)13-4-5-13/h1-3,8,11,13,16H,4-7,10H2. The second-order valence-electron chi connectivity index (χ2n) is 6.24. The molecule has 2 heterocycles. The number of carbonyl (C=O) groups excluding carboxylic acids is 1. The van der Waals surface area contributed by atoms with E-state index in [4.69, 9.17) is 14.5 Å². The van der Waals surface area contributed by atoms with E-state index in [0.717, 1.165) is 24.1 Å². The maximum absolute atomic E-state index is 12.8. The van der Waals surface area contributed by atoms with Crippen LogP contribution in [0.15, 0.2) is 35.1 Å². The van der Waals surface area contributed by atoms with Gasteiger partial charge in [-0.3, -0.25) is 4.79 Å². The SMILES string of the molecule is N#Cc1cccc(C2CN(C(=O)c3conc3C3CC3)CCO2)c1. The molecule has 1 aliphatic carbocycles. The van der Waals surface area contributed by atoms with E-state index in [-0.39, 0.29) is 12.0 Å². The topological polar surface area (TPSA) is 79.4 Å². The van der Waals surface area contributed by atoms with E-state index in [0.29, 0.717) is 36.7 Å². The molecule has 0 N–H and O–H groups in total. The molecule has 1 saturated carbocycles. The monoisotopic (exact) mass is 323 g/mol. The van der Waals surface area contributed by atoms with Gasteiger partial charge in [0.15, 0.2) is 0 Å². The van der Waals surface area contributed by atoms with Gasteiger partial charge in [-0.1, -0.05) is 17.3 Å². The van der Waals surface area contributed by atoms with E-state index in [2.05, 4.69) is 11.2 Å². The van der Waals surface area contributed by atoms with Crippen LogP contribution < -0.4 is 0 Å². The summed E-state index contributed by atoms with van der Waals surface area (Å²) in [5, 5.41) is 13.0. The number of amides is 1. The molecule has 0 bridgehead atoms. The van der Waals surface area contributed by atoms with Crippen molar-refractivity contribution in [3.8, 4) is 6.07 Å². The van der Waals surface area contributed by atoms with Crippen LogP contribution in [0.1, 0.15) is 52.0 Å². The molecular weight excluding hydrogens is 306 g/mol. The summed E-state index contributed by atoms with van der Waals surface area (Å²) in [4.78, 5) is 14.6. The van der Waals surface area contributed by atoms with Gasteiger partial charge in [-0.2, -0.15) is 5.26 Å². The fourth-order valence-corrected chi connectivity index (χ4v) is 3.07. The van der Waals surface area contributed by atoms with E-state index in [1.165, 1.54) is 6.26 Å². The molecule has 2 fully saturated rings. The number of morpholine rings is 1. The van der Waals surface area contributed by atoms with Crippen molar-refractivity contribution in [1.29, 1.82) is 5.26 Å². The average Bonchev–Trinajstić information content (AvgIpc) is 3.38. The van der Waals surface area contributed by atoms with E-state index < -0.39 is 0 Å². The second-order valence-corrected chi connectivity index (χ2v) is 6.24. The molecule has 0 spiro atoms. The van der Waals surface area contributed by atoms with Crippen molar-refractivity contribution >= 4 is 5.91 Å². The summed E-state index contributed by atoms with van der Waals surface area (Å²) in [6.45, 7) is 1.47. The van der Waals surface area contributed by atoms with Crippen molar-refractivity contribution in [3.05, 3.63) is 52.9 Å². The second kappa shape index (κ2) is 6.10. The summed E-state index contributed by atoms with van der Waals surface area (Å²) >= 11 is 0. The van der Waals surface area contributed by atoms with E-state index in [1.54, 1.807) is 11.0 Å². The Morgan fingerprint density at radius 1 is 1.38 bits per heavy atom. The van der Waals surface area contributed by atoms with Gasteiger partial charge in [0.25, 0.3) is 5.91 Å². The van der Waals surface area contributed by atoms with Gasteiger partial charge in [-0.05, 0) is 30.5 Å². The first-order valence-electron chi connectivity index (χ1n) is 8.11. The number of nitriles is 1. The summed E-state index contributed by atoms with van der Waals surface area (Å²) in [5.74, 6) is 0.315. The smallest absolute Gasteiger partial charge is 0.259 e. The lowest BCUT2D eigenvalue weighted by Crippen LogP contribution is -2.42. The minimum atomic E-state index is -0.222. The zero-order chi connectivity index (χ0) is 16.5. The van der Waals surface area contributed by atoms with Crippen LogP contribution in [0.3, 0.4) is 0 Å². The lowest BCUT2D eigenvalue weighted by Gasteiger charge is -2.33. The lowest BCUT2D eigenvalue weighted by molar-refractivity contribution is -0.0228. The highest BCUT2D eigenvalue weighted by atomic mass is 16.5. The predicted octanol–water partition coefficient (Wildman–Crippen LogP) is 2.64. The minimum absolute atomic E-state index is 0.0529. The van der Waals surface area contributed by atoms with E-state index >= 15 is 0 Å². The van der Waals surface area contributed by atoms with Gasteiger partial charge in [0.05, 0.1) is 30.5 Å². The Kier molecular flexibility index (Phi) is 3.79. The number of hydrogen-bond acceptors (Lipinski definition) is 5. The van der Waals surface area contributed by atoms with Crippen LogP contribution in [0.25, 0.3) is 0 Å². The molecule has 0 radical (unpaired) electrons. The fourth-order valence-electron chi connectivity index (χ4n) is 3.07. The third-order valence-corrected chi connectivity index (χ3v) is 4.53. The quantitative estimate of drug-likeness (QED) is 0.867. The molecule has 1 saturated heterocycles. The maximum atomic E-state index is 12.8. The molecule has 1 aromatic carbocycles. The van der Waals surface area contributed by atoms with Crippen molar-refractivity contribution in [2.75, 3.05) is 19.7 Å².